The second-order valence-corrected chi connectivity index (χ2v) is 5.17. The Morgan fingerprint density at radius 2 is 2.05 bits per heavy atom. The molecule has 1 aromatic carbocycles. The van der Waals surface area contributed by atoms with E-state index in [2.05, 4.69) is 26.1 Å². The summed E-state index contributed by atoms with van der Waals surface area (Å²) in [6.07, 6.45) is 2.23. The molecule has 0 fully saturated rings. The van der Waals surface area contributed by atoms with Gasteiger partial charge in [0.25, 0.3) is 0 Å². The molecule has 0 aliphatic carbocycles. The van der Waals surface area contributed by atoms with Gasteiger partial charge in [0, 0.05) is 6.04 Å². The maximum atomic E-state index is 13.2. The van der Waals surface area contributed by atoms with Crippen molar-refractivity contribution in [1.29, 1.82) is 0 Å². The summed E-state index contributed by atoms with van der Waals surface area (Å²) in [6, 6.07) is 5.25. The lowest BCUT2D eigenvalue weighted by Crippen LogP contribution is -2.40. The quantitative estimate of drug-likeness (QED) is 0.770. The Kier molecular flexibility index (Phi) is 6.85. The molecule has 19 heavy (non-hydrogen) atoms. The molecule has 0 aliphatic heterocycles. The van der Waals surface area contributed by atoms with Crippen LogP contribution >= 0.6 is 0 Å². The van der Waals surface area contributed by atoms with Crippen LogP contribution in [0.1, 0.15) is 39.2 Å². The number of benzene rings is 1. The van der Waals surface area contributed by atoms with Crippen molar-refractivity contribution in [3.05, 3.63) is 29.6 Å². The molecule has 3 heteroatoms. The predicted octanol–water partition coefficient (Wildman–Crippen LogP) is 3.93. The van der Waals surface area contributed by atoms with Gasteiger partial charge in [-0.05, 0) is 49.6 Å². The lowest BCUT2D eigenvalue weighted by molar-refractivity contribution is 0.220. The minimum atomic E-state index is -0.185. The lowest BCUT2D eigenvalue weighted by Gasteiger charge is -2.24. The second kappa shape index (κ2) is 8.16. The van der Waals surface area contributed by atoms with Crippen LogP contribution in [-0.4, -0.2) is 19.2 Å². The van der Waals surface area contributed by atoms with E-state index < -0.39 is 0 Å². The van der Waals surface area contributed by atoms with Crippen LogP contribution in [0.3, 0.4) is 0 Å². The van der Waals surface area contributed by atoms with Crippen LogP contribution in [0.4, 0.5) is 4.39 Å². The molecule has 0 heterocycles. The SMILES string of the molecule is CCCNC(COc1ccc(F)c(C)c1)C(C)CC. The first-order valence-corrected chi connectivity index (χ1v) is 7.20. The normalized spacial score (nSPS) is 14.2. The number of halogens is 1. The summed E-state index contributed by atoms with van der Waals surface area (Å²) < 4.78 is 19.0. The fourth-order valence-corrected chi connectivity index (χ4v) is 1.93. The molecule has 0 aliphatic rings. The number of aryl methyl sites for hydroxylation is 1. The van der Waals surface area contributed by atoms with Gasteiger partial charge in [-0.15, -0.1) is 0 Å². The molecule has 2 atom stereocenters. The Hall–Kier alpha value is -1.09. The van der Waals surface area contributed by atoms with Crippen molar-refractivity contribution in [3.63, 3.8) is 0 Å². The zero-order valence-corrected chi connectivity index (χ0v) is 12.5. The number of nitrogens with one attached hydrogen (secondary N) is 1. The highest BCUT2D eigenvalue weighted by Gasteiger charge is 2.15. The van der Waals surface area contributed by atoms with Gasteiger partial charge in [-0.25, -0.2) is 4.39 Å². The summed E-state index contributed by atoms with van der Waals surface area (Å²) in [5.74, 6) is 1.12. The molecule has 1 aromatic rings. The van der Waals surface area contributed by atoms with Crippen molar-refractivity contribution in [2.24, 2.45) is 5.92 Å². The Labute approximate surface area is 116 Å². The molecule has 0 spiro atoms. The van der Waals surface area contributed by atoms with Crippen LogP contribution in [0.2, 0.25) is 0 Å². The predicted molar refractivity (Wildman–Crippen MR) is 78.2 cm³/mol. The molecule has 0 saturated heterocycles. The van der Waals surface area contributed by atoms with E-state index >= 15 is 0 Å². The molecule has 0 saturated carbocycles. The van der Waals surface area contributed by atoms with E-state index in [0.29, 0.717) is 24.1 Å². The van der Waals surface area contributed by atoms with Gasteiger partial charge in [-0.3, -0.25) is 0 Å². The van der Waals surface area contributed by atoms with Gasteiger partial charge >= 0.3 is 0 Å². The molecule has 0 bridgehead atoms. The Balaban J connectivity index is 2.56. The minimum Gasteiger partial charge on any atom is -0.492 e. The zero-order chi connectivity index (χ0) is 14.3. The smallest absolute Gasteiger partial charge is 0.126 e. The molecular formula is C16H26FNO. The molecular weight excluding hydrogens is 241 g/mol. The first kappa shape index (κ1) is 16.0. The number of rotatable bonds is 8. The Morgan fingerprint density at radius 1 is 1.32 bits per heavy atom. The molecule has 2 unspecified atom stereocenters. The number of ether oxygens (including phenoxy) is 1. The average Bonchev–Trinajstić information content (AvgIpc) is 2.42. The standard InChI is InChI=1S/C16H26FNO/c1-5-9-18-16(12(3)6-2)11-19-14-7-8-15(17)13(4)10-14/h7-8,10,12,16,18H,5-6,9,11H2,1-4H3. The second-order valence-electron chi connectivity index (χ2n) is 5.17. The van der Waals surface area contributed by atoms with Crippen molar-refractivity contribution < 1.29 is 9.13 Å². The van der Waals surface area contributed by atoms with Crippen LogP contribution < -0.4 is 10.1 Å². The number of hydrogen-bond acceptors (Lipinski definition) is 2. The van der Waals surface area contributed by atoms with E-state index in [9.17, 15) is 4.39 Å². The first-order chi connectivity index (χ1) is 9.08. The van der Waals surface area contributed by atoms with Crippen LogP contribution in [-0.2, 0) is 0 Å². The monoisotopic (exact) mass is 267 g/mol. The lowest BCUT2D eigenvalue weighted by atomic mass is 10.00. The molecule has 1 rings (SSSR count). The highest BCUT2D eigenvalue weighted by atomic mass is 19.1. The highest BCUT2D eigenvalue weighted by molar-refractivity contribution is 5.28. The summed E-state index contributed by atoms with van der Waals surface area (Å²) in [6.45, 7) is 9.95. The van der Waals surface area contributed by atoms with Crippen molar-refractivity contribution in [3.8, 4) is 5.75 Å². The van der Waals surface area contributed by atoms with E-state index in [0.717, 1.165) is 25.1 Å². The third-order valence-corrected chi connectivity index (χ3v) is 3.55. The summed E-state index contributed by atoms with van der Waals surface area (Å²) in [5, 5.41) is 3.52. The molecule has 0 aromatic heterocycles. The Bertz CT molecular complexity index is 381. The molecule has 108 valence electrons. The van der Waals surface area contributed by atoms with Crippen LogP contribution in [0.5, 0.6) is 5.75 Å². The van der Waals surface area contributed by atoms with Crippen LogP contribution in [0.25, 0.3) is 0 Å². The van der Waals surface area contributed by atoms with Crippen LogP contribution in [0, 0.1) is 18.7 Å². The van der Waals surface area contributed by atoms with Gasteiger partial charge in [-0.2, -0.15) is 0 Å². The van der Waals surface area contributed by atoms with Gasteiger partial charge in [0.2, 0.25) is 0 Å². The average molecular weight is 267 g/mol. The molecule has 1 N–H and O–H groups in total. The van der Waals surface area contributed by atoms with Gasteiger partial charge in [-0.1, -0.05) is 27.2 Å². The fourth-order valence-electron chi connectivity index (χ4n) is 1.93. The maximum Gasteiger partial charge on any atom is 0.126 e. The summed E-state index contributed by atoms with van der Waals surface area (Å²) in [7, 11) is 0. The third-order valence-electron chi connectivity index (χ3n) is 3.55. The van der Waals surface area contributed by atoms with Gasteiger partial charge in [0.05, 0.1) is 0 Å². The first-order valence-electron chi connectivity index (χ1n) is 7.20. The minimum absolute atomic E-state index is 0.185. The number of hydrogen-bond donors (Lipinski definition) is 1. The van der Waals surface area contributed by atoms with E-state index in [1.54, 1.807) is 19.1 Å². The van der Waals surface area contributed by atoms with E-state index in [1.807, 2.05) is 0 Å². The van der Waals surface area contributed by atoms with E-state index in [4.69, 9.17) is 4.74 Å². The maximum absolute atomic E-state index is 13.2. The van der Waals surface area contributed by atoms with Crippen molar-refractivity contribution in [2.45, 2.75) is 46.6 Å². The third kappa shape index (κ3) is 5.19. The topological polar surface area (TPSA) is 21.3 Å². The zero-order valence-electron chi connectivity index (χ0n) is 12.5. The molecule has 2 nitrogen and oxygen atoms in total. The van der Waals surface area contributed by atoms with E-state index in [-0.39, 0.29) is 5.82 Å². The highest BCUT2D eigenvalue weighted by Crippen LogP contribution is 2.17. The van der Waals surface area contributed by atoms with Crippen molar-refractivity contribution in [2.75, 3.05) is 13.2 Å². The van der Waals surface area contributed by atoms with Crippen LogP contribution in [0.15, 0.2) is 18.2 Å². The van der Waals surface area contributed by atoms with E-state index in [1.165, 1.54) is 6.07 Å². The summed E-state index contributed by atoms with van der Waals surface area (Å²) >= 11 is 0. The van der Waals surface area contributed by atoms with Crippen molar-refractivity contribution >= 4 is 0 Å². The summed E-state index contributed by atoms with van der Waals surface area (Å²) in [4.78, 5) is 0. The van der Waals surface area contributed by atoms with Gasteiger partial charge < -0.3 is 10.1 Å². The van der Waals surface area contributed by atoms with Crippen molar-refractivity contribution in [1.82, 2.24) is 5.32 Å². The molecule has 0 amide bonds. The summed E-state index contributed by atoms with van der Waals surface area (Å²) in [5.41, 5.74) is 0.624. The largest absolute Gasteiger partial charge is 0.492 e. The fraction of sp³-hybridized carbons (Fsp3) is 0.625. The molecule has 0 radical (unpaired) electrons. The Morgan fingerprint density at radius 3 is 2.63 bits per heavy atom. The van der Waals surface area contributed by atoms with Gasteiger partial charge in [0.1, 0.15) is 18.2 Å². The van der Waals surface area contributed by atoms with Gasteiger partial charge in [0.15, 0.2) is 0 Å².